The Morgan fingerprint density at radius 1 is 1.53 bits per heavy atom. The van der Waals surface area contributed by atoms with E-state index in [0.29, 0.717) is 12.0 Å². The van der Waals surface area contributed by atoms with Crippen molar-refractivity contribution < 1.29 is 9.53 Å². The average Bonchev–Trinajstić information content (AvgIpc) is 2.32. The van der Waals surface area contributed by atoms with E-state index in [2.05, 4.69) is 15.9 Å². The van der Waals surface area contributed by atoms with E-state index in [1.165, 1.54) is 0 Å². The Morgan fingerprint density at radius 3 is 2.94 bits per heavy atom. The minimum Gasteiger partial charge on any atom is -0.479 e. The van der Waals surface area contributed by atoms with Crippen LogP contribution in [0.25, 0.3) is 0 Å². The van der Waals surface area contributed by atoms with E-state index in [9.17, 15) is 4.79 Å². The van der Waals surface area contributed by atoms with Gasteiger partial charge in [-0.05, 0) is 37.6 Å². The van der Waals surface area contributed by atoms with Crippen LogP contribution in [0.5, 0.6) is 5.75 Å². The molecule has 0 bridgehead atoms. The molecule has 0 fully saturated rings. The zero-order valence-corrected chi connectivity index (χ0v) is 11.2. The van der Waals surface area contributed by atoms with Gasteiger partial charge in [0.25, 0.3) is 5.91 Å². The number of rotatable bonds is 3. The molecule has 17 heavy (non-hydrogen) atoms. The zero-order valence-electron chi connectivity index (χ0n) is 9.65. The fraction of sp³-hybridized carbons (Fsp3) is 0.417. The third kappa shape index (κ3) is 2.30. The van der Waals surface area contributed by atoms with Gasteiger partial charge in [-0.3, -0.25) is 9.69 Å². The van der Waals surface area contributed by atoms with Crippen molar-refractivity contribution >= 4 is 27.5 Å². The van der Waals surface area contributed by atoms with Crippen molar-refractivity contribution in [3.05, 3.63) is 23.8 Å². The van der Waals surface area contributed by atoms with Crippen molar-refractivity contribution in [1.29, 1.82) is 0 Å². The molecule has 2 rings (SSSR count). The summed E-state index contributed by atoms with van der Waals surface area (Å²) in [5, 5.41) is 0. The average molecular weight is 299 g/mol. The Balaban J connectivity index is 2.41. The van der Waals surface area contributed by atoms with Gasteiger partial charge in [-0.1, -0.05) is 22.0 Å². The lowest BCUT2D eigenvalue weighted by atomic mass is 10.1. The minimum absolute atomic E-state index is 0.0285. The van der Waals surface area contributed by atoms with Gasteiger partial charge < -0.3 is 10.5 Å². The maximum atomic E-state index is 11.9. The number of alkyl halides is 1. The maximum absolute atomic E-state index is 11.9. The first-order chi connectivity index (χ1) is 8.17. The number of nitrogens with two attached hydrogens (primary N) is 1. The van der Waals surface area contributed by atoms with Crippen LogP contribution in [0, 0.1) is 0 Å². The third-order valence-corrected chi connectivity index (χ3v) is 3.29. The van der Waals surface area contributed by atoms with Crippen LogP contribution in [-0.4, -0.2) is 24.0 Å². The van der Waals surface area contributed by atoms with Crippen LogP contribution < -0.4 is 15.4 Å². The smallest absolute Gasteiger partial charge is 0.268 e. The molecule has 2 N–H and O–H groups in total. The number of fused-ring (bicyclic) bond motifs is 1. The Bertz CT molecular complexity index is 437. The van der Waals surface area contributed by atoms with Gasteiger partial charge in [0.15, 0.2) is 6.10 Å². The highest BCUT2D eigenvalue weighted by Crippen LogP contribution is 2.35. The summed E-state index contributed by atoms with van der Waals surface area (Å²) in [5.74, 6) is 0.719. The van der Waals surface area contributed by atoms with Crippen molar-refractivity contribution in [2.45, 2.75) is 19.4 Å². The van der Waals surface area contributed by atoms with Crippen LogP contribution in [0.4, 0.5) is 5.69 Å². The van der Waals surface area contributed by atoms with Gasteiger partial charge in [-0.2, -0.15) is 0 Å². The first kappa shape index (κ1) is 12.4. The van der Waals surface area contributed by atoms with E-state index in [0.717, 1.165) is 23.4 Å². The zero-order chi connectivity index (χ0) is 12.4. The van der Waals surface area contributed by atoms with E-state index in [1.807, 2.05) is 18.2 Å². The van der Waals surface area contributed by atoms with E-state index in [-0.39, 0.29) is 5.91 Å². The number of hydrogen-bond acceptors (Lipinski definition) is 3. The van der Waals surface area contributed by atoms with Crippen molar-refractivity contribution in [3.63, 3.8) is 0 Å². The molecule has 0 saturated heterocycles. The van der Waals surface area contributed by atoms with Gasteiger partial charge in [0.1, 0.15) is 5.75 Å². The molecule has 0 aliphatic carbocycles. The highest BCUT2D eigenvalue weighted by atomic mass is 79.9. The van der Waals surface area contributed by atoms with E-state index < -0.39 is 6.10 Å². The molecule has 0 spiro atoms. The molecule has 92 valence electrons. The van der Waals surface area contributed by atoms with E-state index in [1.54, 1.807) is 11.8 Å². The number of ether oxygens (including phenoxy) is 1. The second-order valence-electron chi connectivity index (χ2n) is 3.99. The molecule has 1 aliphatic heterocycles. The summed E-state index contributed by atoms with van der Waals surface area (Å²) in [7, 11) is 0. The number of anilines is 1. The van der Waals surface area contributed by atoms with Crippen LogP contribution in [0.1, 0.15) is 12.5 Å². The fourth-order valence-corrected chi connectivity index (χ4v) is 2.42. The standard InChI is InChI=1S/C12H15BrN2O2/c1-8-12(16)15(7-13)10-6-9(4-5-14)2-3-11(10)17-8/h2-3,6,8H,4-5,7,14H2,1H3. The summed E-state index contributed by atoms with van der Waals surface area (Å²) in [5.41, 5.74) is 7.93. The molecule has 1 aliphatic rings. The SMILES string of the molecule is CC1Oc2ccc(CCN)cc2N(CBr)C1=O. The molecule has 4 nitrogen and oxygen atoms in total. The lowest BCUT2D eigenvalue weighted by Crippen LogP contribution is -2.43. The van der Waals surface area contributed by atoms with Crippen LogP contribution >= 0.6 is 15.9 Å². The van der Waals surface area contributed by atoms with Gasteiger partial charge in [0.05, 0.1) is 11.1 Å². The summed E-state index contributed by atoms with van der Waals surface area (Å²) < 4.78 is 5.57. The number of benzene rings is 1. The van der Waals surface area contributed by atoms with Crippen molar-refractivity contribution in [3.8, 4) is 5.75 Å². The lowest BCUT2D eigenvalue weighted by molar-refractivity contribution is -0.125. The summed E-state index contributed by atoms with van der Waals surface area (Å²) in [6, 6.07) is 5.85. The molecule has 1 unspecified atom stereocenters. The van der Waals surface area contributed by atoms with Crippen LogP contribution in [-0.2, 0) is 11.2 Å². The maximum Gasteiger partial charge on any atom is 0.268 e. The van der Waals surface area contributed by atoms with E-state index in [4.69, 9.17) is 10.5 Å². The lowest BCUT2D eigenvalue weighted by Gasteiger charge is -2.32. The topological polar surface area (TPSA) is 55.6 Å². The third-order valence-electron chi connectivity index (χ3n) is 2.78. The second kappa shape index (κ2) is 5.06. The molecule has 0 saturated carbocycles. The van der Waals surface area contributed by atoms with Crippen LogP contribution in [0.3, 0.4) is 0 Å². The Labute approximate surface area is 109 Å². The molecule has 1 heterocycles. The molecule has 1 aromatic carbocycles. The van der Waals surface area contributed by atoms with E-state index >= 15 is 0 Å². The monoisotopic (exact) mass is 298 g/mol. The largest absolute Gasteiger partial charge is 0.479 e. The highest BCUT2D eigenvalue weighted by molar-refractivity contribution is 9.09. The van der Waals surface area contributed by atoms with Crippen molar-refractivity contribution in [1.82, 2.24) is 0 Å². The summed E-state index contributed by atoms with van der Waals surface area (Å²) in [6.07, 6.45) is 0.369. The quantitative estimate of drug-likeness (QED) is 0.682. The van der Waals surface area contributed by atoms with Gasteiger partial charge in [-0.15, -0.1) is 0 Å². The predicted octanol–water partition coefficient (Wildman–Crippen LogP) is 1.65. The van der Waals surface area contributed by atoms with Gasteiger partial charge in [-0.25, -0.2) is 0 Å². The molecule has 0 radical (unpaired) electrons. The summed E-state index contributed by atoms with van der Waals surface area (Å²) in [6.45, 7) is 2.35. The molecule has 1 amide bonds. The number of carbonyl (C=O) groups is 1. The fourth-order valence-electron chi connectivity index (χ4n) is 1.90. The summed E-state index contributed by atoms with van der Waals surface area (Å²) >= 11 is 3.34. The molecule has 5 heteroatoms. The number of hydrogen-bond donors (Lipinski definition) is 1. The molecule has 1 aromatic rings. The predicted molar refractivity (Wildman–Crippen MR) is 70.6 cm³/mol. The Morgan fingerprint density at radius 2 is 2.29 bits per heavy atom. The highest BCUT2D eigenvalue weighted by Gasteiger charge is 2.30. The van der Waals surface area contributed by atoms with Gasteiger partial charge in [0, 0.05) is 0 Å². The molecular formula is C12H15BrN2O2. The van der Waals surface area contributed by atoms with Crippen molar-refractivity contribution in [2.24, 2.45) is 5.73 Å². The number of amides is 1. The van der Waals surface area contributed by atoms with Crippen molar-refractivity contribution in [2.75, 3.05) is 16.9 Å². The van der Waals surface area contributed by atoms with Gasteiger partial charge >= 0.3 is 0 Å². The Kier molecular flexibility index (Phi) is 3.69. The Hall–Kier alpha value is -1.07. The van der Waals surface area contributed by atoms with Gasteiger partial charge in [0.2, 0.25) is 0 Å². The number of nitrogens with zero attached hydrogens (tertiary/aromatic N) is 1. The first-order valence-corrected chi connectivity index (χ1v) is 6.66. The minimum atomic E-state index is -0.430. The molecule has 0 aromatic heterocycles. The first-order valence-electron chi connectivity index (χ1n) is 5.54. The summed E-state index contributed by atoms with van der Waals surface area (Å²) in [4.78, 5) is 13.6. The van der Waals surface area contributed by atoms with Crippen LogP contribution in [0.15, 0.2) is 18.2 Å². The normalized spacial score (nSPS) is 18.9. The molecular weight excluding hydrogens is 284 g/mol. The second-order valence-corrected chi connectivity index (χ2v) is 4.49. The number of carbonyl (C=O) groups excluding carboxylic acids is 1. The molecule has 1 atom stereocenters. The number of halogens is 1. The van der Waals surface area contributed by atoms with Crippen LogP contribution in [0.2, 0.25) is 0 Å².